The normalized spacial score (nSPS) is 13.3. The molecule has 1 aromatic rings. The van der Waals surface area contributed by atoms with Gasteiger partial charge in [-0.05, 0) is 26.0 Å². The van der Waals surface area contributed by atoms with E-state index in [0.29, 0.717) is 22.4 Å². The van der Waals surface area contributed by atoms with E-state index in [4.69, 9.17) is 0 Å². The number of ketones is 2. The Labute approximate surface area is 98.3 Å². The molecule has 1 aliphatic heterocycles. The summed E-state index contributed by atoms with van der Waals surface area (Å²) in [5.74, 6) is -0.726. The van der Waals surface area contributed by atoms with Crippen LogP contribution in [-0.2, 0) is 0 Å². The highest BCUT2D eigenvalue weighted by molar-refractivity contribution is 6.14. The largest absolute Gasteiger partial charge is 0.322 e. The van der Waals surface area contributed by atoms with E-state index in [-0.39, 0.29) is 23.0 Å². The molecule has 0 aromatic heterocycles. The van der Waals surface area contributed by atoms with Crippen molar-refractivity contribution in [3.8, 4) is 0 Å². The van der Waals surface area contributed by atoms with Crippen LogP contribution in [0.15, 0.2) is 18.7 Å². The first-order valence-electron chi connectivity index (χ1n) is 5.12. The van der Waals surface area contributed by atoms with Crippen molar-refractivity contribution in [2.24, 2.45) is 0 Å². The van der Waals surface area contributed by atoms with Crippen LogP contribution in [0.2, 0.25) is 0 Å². The lowest BCUT2D eigenvalue weighted by molar-refractivity contribution is 0.0974. The Bertz CT molecular complexity index is 534. The van der Waals surface area contributed by atoms with E-state index < -0.39 is 0 Å². The van der Waals surface area contributed by atoms with Gasteiger partial charge in [-0.2, -0.15) is 0 Å². The molecule has 0 fully saturated rings. The molecule has 1 aliphatic rings. The zero-order valence-electron chi connectivity index (χ0n) is 9.59. The minimum absolute atomic E-state index is 0.204. The van der Waals surface area contributed by atoms with Crippen LogP contribution in [0.25, 0.3) is 5.70 Å². The third-order valence-corrected chi connectivity index (χ3v) is 2.75. The molecule has 0 aliphatic carbocycles. The van der Waals surface area contributed by atoms with E-state index in [2.05, 4.69) is 11.9 Å². The second kappa shape index (κ2) is 3.66. The summed E-state index contributed by atoms with van der Waals surface area (Å²) in [6.45, 7) is 6.45. The van der Waals surface area contributed by atoms with E-state index in [1.54, 1.807) is 6.07 Å². The van der Waals surface area contributed by atoms with Crippen molar-refractivity contribution < 1.29 is 14.4 Å². The molecule has 2 rings (SSSR count). The van der Waals surface area contributed by atoms with E-state index in [1.807, 2.05) is 0 Å². The molecule has 0 spiro atoms. The van der Waals surface area contributed by atoms with Crippen molar-refractivity contribution in [3.05, 3.63) is 41.0 Å². The quantitative estimate of drug-likeness (QED) is 0.786. The number of hydrogen-bond donors (Lipinski definition) is 1. The van der Waals surface area contributed by atoms with Crippen LogP contribution in [0.4, 0.5) is 0 Å². The second-order valence-electron chi connectivity index (χ2n) is 3.99. The third-order valence-electron chi connectivity index (χ3n) is 2.75. The number of fused-ring (bicyclic) bond motifs is 1. The van der Waals surface area contributed by atoms with E-state index in [9.17, 15) is 14.4 Å². The predicted octanol–water partition coefficient (Wildman–Crippen LogP) is 1.81. The summed E-state index contributed by atoms with van der Waals surface area (Å²) in [4.78, 5) is 34.5. The molecule has 1 amide bonds. The molecule has 0 radical (unpaired) electrons. The van der Waals surface area contributed by atoms with Crippen LogP contribution in [-0.4, -0.2) is 17.5 Å². The highest BCUT2D eigenvalue weighted by Crippen LogP contribution is 2.27. The van der Waals surface area contributed by atoms with Crippen LogP contribution in [0, 0.1) is 0 Å². The van der Waals surface area contributed by atoms with E-state index in [0.717, 1.165) is 0 Å². The van der Waals surface area contributed by atoms with Gasteiger partial charge in [0.25, 0.3) is 5.91 Å². The van der Waals surface area contributed by atoms with Gasteiger partial charge in [0.1, 0.15) is 0 Å². The minimum Gasteiger partial charge on any atom is -0.322 e. The maximum Gasteiger partial charge on any atom is 0.256 e. The van der Waals surface area contributed by atoms with Crippen molar-refractivity contribution in [2.45, 2.75) is 13.8 Å². The van der Waals surface area contributed by atoms with Gasteiger partial charge in [-0.25, -0.2) is 0 Å². The molecule has 0 unspecified atom stereocenters. The molecule has 1 heterocycles. The number of amides is 1. The molecule has 1 N–H and O–H groups in total. The Hall–Kier alpha value is -2.23. The topological polar surface area (TPSA) is 63.2 Å². The summed E-state index contributed by atoms with van der Waals surface area (Å²) in [5, 5.41) is 2.56. The molecule has 17 heavy (non-hydrogen) atoms. The summed E-state index contributed by atoms with van der Waals surface area (Å²) in [6.07, 6.45) is 0. The van der Waals surface area contributed by atoms with Crippen molar-refractivity contribution >= 4 is 23.2 Å². The van der Waals surface area contributed by atoms with Crippen LogP contribution in [0.1, 0.15) is 50.5 Å². The highest BCUT2D eigenvalue weighted by atomic mass is 16.2. The highest BCUT2D eigenvalue weighted by Gasteiger charge is 2.26. The molecule has 4 nitrogen and oxygen atoms in total. The zero-order valence-corrected chi connectivity index (χ0v) is 9.59. The number of benzene rings is 1. The lowest BCUT2D eigenvalue weighted by Gasteiger charge is -2.06. The minimum atomic E-state index is -0.289. The Kier molecular flexibility index (Phi) is 2.42. The van der Waals surface area contributed by atoms with Crippen LogP contribution < -0.4 is 5.32 Å². The maximum absolute atomic E-state index is 11.6. The van der Waals surface area contributed by atoms with Gasteiger partial charge >= 0.3 is 0 Å². The number of carbonyl (C=O) groups is 3. The van der Waals surface area contributed by atoms with Crippen molar-refractivity contribution in [1.29, 1.82) is 0 Å². The lowest BCUT2D eigenvalue weighted by atomic mass is 9.95. The monoisotopic (exact) mass is 229 g/mol. The van der Waals surface area contributed by atoms with Gasteiger partial charge in [-0.3, -0.25) is 14.4 Å². The summed E-state index contributed by atoms with van der Waals surface area (Å²) in [7, 11) is 0. The smallest absolute Gasteiger partial charge is 0.256 e. The number of carbonyl (C=O) groups excluding carboxylic acids is 3. The first-order chi connectivity index (χ1) is 7.91. The number of Topliss-reactive ketones (excluding diaryl/α,β-unsaturated/α-hetero) is 2. The Morgan fingerprint density at radius 1 is 1.06 bits per heavy atom. The van der Waals surface area contributed by atoms with E-state index >= 15 is 0 Å². The van der Waals surface area contributed by atoms with Gasteiger partial charge in [0.05, 0.1) is 0 Å². The fourth-order valence-corrected chi connectivity index (χ4v) is 1.89. The summed E-state index contributed by atoms with van der Waals surface area (Å²) >= 11 is 0. The molecular formula is C13H11NO3. The molecule has 0 atom stereocenters. The van der Waals surface area contributed by atoms with Gasteiger partial charge in [-0.15, -0.1) is 0 Å². The molecule has 0 bridgehead atoms. The van der Waals surface area contributed by atoms with Crippen molar-refractivity contribution in [2.75, 3.05) is 0 Å². The maximum atomic E-state index is 11.6. The van der Waals surface area contributed by atoms with Gasteiger partial charge in [0.2, 0.25) is 0 Å². The third kappa shape index (κ3) is 1.67. The fraction of sp³-hybridized carbons (Fsp3) is 0.154. The van der Waals surface area contributed by atoms with Gasteiger partial charge in [-0.1, -0.05) is 6.58 Å². The van der Waals surface area contributed by atoms with Crippen LogP contribution in [0.3, 0.4) is 0 Å². The number of rotatable bonds is 2. The molecule has 0 saturated carbocycles. The van der Waals surface area contributed by atoms with E-state index in [1.165, 1.54) is 19.9 Å². The molecular weight excluding hydrogens is 218 g/mol. The SMILES string of the molecule is C=C1NC(=O)c2cc(C(C)=O)c(C(C)=O)cc21. The predicted molar refractivity (Wildman–Crippen MR) is 63.0 cm³/mol. The molecule has 86 valence electrons. The summed E-state index contributed by atoms with van der Waals surface area (Å²) < 4.78 is 0. The summed E-state index contributed by atoms with van der Waals surface area (Å²) in [5.41, 5.74) is 2.05. The van der Waals surface area contributed by atoms with Crippen LogP contribution in [0.5, 0.6) is 0 Å². The zero-order chi connectivity index (χ0) is 12.7. The summed E-state index contributed by atoms with van der Waals surface area (Å²) in [6, 6.07) is 3.01. The Balaban J connectivity index is 2.76. The molecule has 0 saturated heterocycles. The Morgan fingerprint density at radius 2 is 1.53 bits per heavy atom. The first-order valence-corrected chi connectivity index (χ1v) is 5.12. The number of hydrogen-bond acceptors (Lipinski definition) is 3. The molecule has 4 heteroatoms. The average Bonchev–Trinajstić information content (AvgIpc) is 2.52. The lowest BCUT2D eigenvalue weighted by Crippen LogP contribution is -2.12. The number of nitrogens with one attached hydrogen (secondary N) is 1. The standard InChI is InChI=1S/C13H11NO3/c1-6-9-4-10(7(2)15)11(8(3)16)5-12(9)13(17)14-6/h4-5H,1H2,2-3H3,(H,14,17). The first kappa shape index (κ1) is 11.3. The molecule has 1 aromatic carbocycles. The van der Waals surface area contributed by atoms with Gasteiger partial charge in [0, 0.05) is 28.0 Å². The Morgan fingerprint density at radius 3 is 2.00 bits per heavy atom. The van der Waals surface area contributed by atoms with Crippen LogP contribution >= 0.6 is 0 Å². The second-order valence-corrected chi connectivity index (χ2v) is 3.99. The van der Waals surface area contributed by atoms with Crippen molar-refractivity contribution in [1.82, 2.24) is 5.32 Å². The van der Waals surface area contributed by atoms with Crippen molar-refractivity contribution in [3.63, 3.8) is 0 Å². The van der Waals surface area contributed by atoms with Gasteiger partial charge < -0.3 is 5.32 Å². The average molecular weight is 229 g/mol. The fourth-order valence-electron chi connectivity index (χ4n) is 1.89. The van der Waals surface area contributed by atoms with Gasteiger partial charge in [0.15, 0.2) is 11.6 Å².